The molecule has 7 heteroatoms. The summed E-state index contributed by atoms with van der Waals surface area (Å²) in [5, 5.41) is 18.2. The van der Waals surface area contributed by atoms with E-state index < -0.39 is 11.0 Å². The summed E-state index contributed by atoms with van der Waals surface area (Å²) in [6, 6.07) is 16.1. The number of hydrogen-bond acceptors (Lipinski definition) is 3. The van der Waals surface area contributed by atoms with Gasteiger partial charge in [-0.15, -0.1) is 0 Å². The number of benzene rings is 2. The van der Waals surface area contributed by atoms with Gasteiger partial charge in [0.25, 0.3) is 0 Å². The number of likely N-dealkylation sites (tertiary alicyclic amines) is 1. The SMILES string of the molecule is CC1(C)CN(C(=O)[C@H]2CCCC[C@H]2NC(=O)Nc2ccccc2)CC[C@]1(O)c1ccc(Cl)cc1. The van der Waals surface area contributed by atoms with Crippen molar-refractivity contribution in [2.75, 3.05) is 18.4 Å². The first kappa shape index (κ1) is 24.6. The van der Waals surface area contributed by atoms with Crippen LogP contribution in [0.5, 0.6) is 0 Å². The molecule has 4 rings (SSSR count). The second-order valence-electron chi connectivity index (χ2n) is 10.2. The smallest absolute Gasteiger partial charge is 0.319 e. The third kappa shape index (κ3) is 5.08. The molecule has 182 valence electrons. The summed E-state index contributed by atoms with van der Waals surface area (Å²) >= 11 is 6.04. The number of amides is 3. The molecule has 0 aromatic heterocycles. The summed E-state index contributed by atoms with van der Waals surface area (Å²) in [6.07, 6.45) is 3.95. The van der Waals surface area contributed by atoms with E-state index in [0.29, 0.717) is 24.5 Å². The number of anilines is 1. The van der Waals surface area contributed by atoms with Gasteiger partial charge in [-0.2, -0.15) is 0 Å². The average Bonchev–Trinajstić information content (AvgIpc) is 2.81. The number of halogens is 1. The molecule has 3 atom stereocenters. The fraction of sp³-hybridized carbons (Fsp3) is 0.481. The number of para-hydroxylation sites is 1. The minimum atomic E-state index is -1.05. The van der Waals surface area contributed by atoms with Crippen LogP contribution in [-0.2, 0) is 10.4 Å². The Morgan fingerprint density at radius 2 is 1.71 bits per heavy atom. The summed E-state index contributed by atoms with van der Waals surface area (Å²) < 4.78 is 0. The van der Waals surface area contributed by atoms with Crippen molar-refractivity contribution < 1.29 is 14.7 Å². The molecule has 0 bridgehead atoms. The molecule has 0 radical (unpaired) electrons. The van der Waals surface area contributed by atoms with Crippen molar-refractivity contribution in [3.8, 4) is 0 Å². The lowest BCUT2D eigenvalue weighted by Crippen LogP contribution is -2.59. The Kier molecular flexibility index (Phi) is 7.20. The van der Waals surface area contributed by atoms with E-state index in [1.807, 2.05) is 61.2 Å². The van der Waals surface area contributed by atoms with Gasteiger partial charge >= 0.3 is 6.03 Å². The minimum Gasteiger partial charge on any atom is -0.384 e. The highest BCUT2D eigenvalue weighted by Crippen LogP contribution is 2.46. The molecule has 2 aromatic rings. The zero-order valence-electron chi connectivity index (χ0n) is 19.9. The second-order valence-corrected chi connectivity index (χ2v) is 10.7. The van der Waals surface area contributed by atoms with Crippen molar-refractivity contribution in [1.82, 2.24) is 10.2 Å². The lowest BCUT2D eigenvalue weighted by atomic mass is 9.66. The molecule has 1 saturated heterocycles. The molecular weight excluding hydrogens is 450 g/mol. The van der Waals surface area contributed by atoms with Gasteiger partial charge in [0, 0.05) is 35.3 Å². The number of rotatable bonds is 4. The van der Waals surface area contributed by atoms with Crippen LogP contribution in [0.25, 0.3) is 0 Å². The number of piperidine rings is 1. The highest BCUT2D eigenvalue weighted by atomic mass is 35.5. The van der Waals surface area contributed by atoms with E-state index >= 15 is 0 Å². The molecule has 1 heterocycles. The maximum Gasteiger partial charge on any atom is 0.319 e. The van der Waals surface area contributed by atoms with Crippen LogP contribution in [0, 0.1) is 11.3 Å². The van der Waals surface area contributed by atoms with E-state index in [2.05, 4.69) is 10.6 Å². The van der Waals surface area contributed by atoms with E-state index in [1.54, 1.807) is 12.1 Å². The molecule has 1 saturated carbocycles. The van der Waals surface area contributed by atoms with Crippen LogP contribution >= 0.6 is 11.6 Å². The highest BCUT2D eigenvalue weighted by molar-refractivity contribution is 6.30. The topological polar surface area (TPSA) is 81.7 Å². The van der Waals surface area contributed by atoms with E-state index in [1.165, 1.54) is 0 Å². The number of carbonyl (C=O) groups is 2. The normalized spacial score (nSPS) is 26.5. The Hall–Kier alpha value is -2.57. The van der Waals surface area contributed by atoms with Crippen LogP contribution in [0.3, 0.4) is 0 Å². The van der Waals surface area contributed by atoms with Gasteiger partial charge in [0.1, 0.15) is 0 Å². The Morgan fingerprint density at radius 3 is 2.38 bits per heavy atom. The molecule has 0 spiro atoms. The second kappa shape index (κ2) is 9.96. The fourth-order valence-electron chi connectivity index (χ4n) is 5.46. The molecule has 3 N–H and O–H groups in total. The first-order valence-corrected chi connectivity index (χ1v) is 12.5. The molecule has 2 aromatic carbocycles. The van der Waals surface area contributed by atoms with Gasteiger partial charge in [-0.1, -0.05) is 68.6 Å². The lowest BCUT2D eigenvalue weighted by molar-refractivity contribution is -0.158. The van der Waals surface area contributed by atoms with Crippen molar-refractivity contribution in [2.24, 2.45) is 11.3 Å². The highest BCUT2D eigenvalue weighted by Gasteiger charge is 2.50. The zero-order chi connectivity index (χ0) is 24.3. The lowest BCUT2D eigenvalue weighted by Gasteiger charge is -2.51. The first-order chi connectivity index (χ1) is 16.2. The first-order valence-electron chi connectivity index (χ1n) is 12.1. The molecule has 1 aliphatic heterocycles. The number of urea groups is 1. The maximum atomic E-state index is 13.6. The molecule has 6 nitrogen and oxygen atoms in total. The summed E-state index contributed by atoms with van der Waals surface area (Å²) in [6.45, 7) is 4.93. The van der Waals surface area contributed by atoms with Gasteiger partial charge in [-0.25, -0.2) is 4.79 Å². The van der Waals surface area contributed by atoms with E-state index in [4.69, 9.17) is 11.6 Å². The molecule has 1 aliphatic carbocycles. The Morgan fingerprint density at radius 1 is 1.03 bits per heavy atom. The van der Waals surface area contributed by atoms with Crippen molar-refractivity contribution in [2.45, 2.75) is 57.6 Å². The van der Waals surface area contributed by atoms with Gasteiger partial charge in [0.15, 0.2) is 0 Å². The molecule has 3 amide bonds. The minimum absolute atomic E-state index is 0.0657. The summed E-state index contributed by atoms with van der Waals surface area (Å²) in [5.41, 5.74) is -0.0488. The van der Waals surface area contributed by atoms with E-state index in [-0.39, 0.29) is 23.9 Å². The van der Waals surface area contributed by atoms with E-state index in [9.17, 15) is 14.7 Å². The molecule has 2 fully saturated rings. The molecule has 0 unspecified atom stereocenters. The predicted octanol–water partition coefficient (Wildman–Crippen LogP) is 5.17. The number of carbonyl (C=O) groups excluding carboxylic acids is 2. The number of aliphatic hydroxyl groups is 1. The van der Waals surface area contributed by atoms with Crippen molar-refractivity contribution >= 4 is 29.2 Å². The third-order valence-electron chi connectivity index (χ3n) is 7.51. The van der Waals surface area contributed by atoms with Crippen LogP contribution in [0.15, 0.2) is 54.6 Å². The number of nitrogens with zero attached hydrogens (tertiary/aromatic N) is 1. The predicted molar refractivity (Wildman–Crippen MR) is 135 cm³/mol. The van der Waals surface area contributed by atoms with Crippen molar-refractivity contribution in [3.63, 3.8) is 0 Å². The molecule has 34 heavy (non-hydrogen) atoms. The van der Waals surface area contributed by atoms with Gasteiger partial charge in [-0.3, -0.25) is 4.79 Å². The van der Waals surface area contributed by atoms with Crippen LogP contribution in [-0.4, -0.2) is 41.1 Å². The quantitative estimate of drug-likeness (QED) is 0.561. The Labute approximate surface area is 206 Å². The fourth-order valence-corrected chi connectivity index (χ4v) is 5.59. The van der Waals surface area contributed by atoms with Crippen molar-refractivity contribution in [3.05, 3.63) is 65.2 Å². The van der Waals surface area contributed by atoms with Crippen LogP contribution in [0.2, 0.25) is 5.02 Å². The van der Waals surface area contributed by atoms with Gasteiger partial charge in [-0.05, 0) is 49.1 Å². The van der Waals surface area contributed by atoms with Gasteiger partial charge in [0.05, 0.1) is 11.5 Å². The summed E-state index contributed by atoms with van der Waals surface area (Å²) in [7, 11) is 0. The van der Waals surface area contributed by atoms with Crippen LogP contribution < -0.4 is 10.6 Å². The van der Waals surface area contributed by atoms with Gasteiger partial charge in [0.2, 0.25) is 5.91 Å². The Bertz CT molecular complexity index is 1010. The summed E-state index contributed by atoms with van der Waals surface area (Å²) in [5.74, 6) is -0.191. The van der Waals surface area contributed by atoms with E-state index in [0.717, 1.165) is 36.9 Å². The monoisotopic (exact) mass is 483 g/mol. The summed E-state index contributed by atoms with van der Waals surface area (Å²) in [4.78, 5) is 28.1. The van der Waals surface area contributed by atoms with Crippen LogP contribution in [0.1, 0.15) is 51.5 Å². The largest absolute Gasteiger partial charge is 0.384 e. The van der Waals surface area contributed by atoms with Gasteiger partial charge < -0.3 is 20.6 Å². The van der Waals surface area contributed by atoms with Crippen LogP contribution in [0.4, 0.5) is 10.5 Å². The number of nitrogens with one attached hydrogen (secondary N) is 2. The maximum absolute atomic E-state index is 13.6. The third-order valence-corrected chi connectivity index (χ3v) is 7.77. The Balaban J connectivity index is 1.44. The molecule has 2 aliphatic rings. The number of hydrogen-bond donors (Lipinski definition) is 3. The average molecular weight is 484 g/mol. The standard InChI is InChI=1S/C27H34ClN3O3/c1-26(2)18-31(17-16-27(26,34)19-12-14-20(28)15-13-19)24(32)22-10-6-7-11-23(22)30-25(33)29-21-8-4-3-5-9-21/h3-5,8-9,12-15,22-23,34H,6-7,10-11,16-18H2,1-2H3,(H2,29,30,33)/t22-,23+,27-/m0/s1. The van der Waals surface area contributed by atoms with Crippen molar-refractivity contribution in [1.29, 1.82) is 0 Å². The molecular formula is C27H34ClN3O3. The zero-order valence-corrected chi connectivity index (χ0v) is 20.6.